The lowest BCUT2D eigenvalue weighted by atomic mass is 10.0. The van der Waals surface area contributed by atoms with Gasteiger partial charge in [0.25, 0.3) is 5.91 Å². The number of hydrogen-bond donors (Lipinski definition) is 1. The van der Waals surface area contributed by atoms with E-state index in [1.165, 1.54) is 0 Å². The van der Waals surface area contributed by atoms with Gasteiger partial charge in [-0.1, -0.05) is 13.0 Å². The van der Waals surface area contributed by atoms with E-state index in [-0.39, 0.29) is 12.0 Å². The summed E-state index contributed by atoms with van der Waals surface area (Å²) in [6.07, 6.45) is 0.669. The van der Waals surface area contributed by atoms with Crippen molar-refractivity contribution in [3.05, 3.63) is 27.8 Å². The molecular formula is C12H14INO2. The molecule has 1 fully saturated rings. The van der Waals surface area contributed by atoms with E-state index >= 15 is 0 Å². The number of benzene rings is 1. The number of halogens is 1. The molecule has 0 aliphatic carbocycles. The maximum absolute atomic E-state index is 11.9. The van der Waals surface area contributed by atoms with Crippen molar-refractivity contribution in [1.29, 1.82) is 0 Å². The van der Waals surface area contributed by atoms with Gasteiger partial charge in [0.2, 0.25) is 0 Å². The maximum Gasteiger partial charge on any atom is 0.253 e. The highest BCUT2D eigenvalue weighted by Crippen LogP contribution is 2.22. The van der Waals surface area contributed by atoms with Crippen LogP contribution in [-0.2, 0) is 9.53 Å². The first-order valence-corrected chi connectivity index (χ1v) is 6.43. The van der Waals surface area contributed by atoms with Gasteiger partial charge < -0.3 is 10.1 Å². The SMILES string of the molecule is CC1CCOC1C(=O)Nc1cccc(I)c1. The molecule has 2 rings (SSSR count). The Bertz CT molecular complexity index is 394. The lowest BCUT2D eigenvalue weighted by molar-refractivity contribution is -0.126. The largest absolute Gasteiger partial charge is 0.368 e. The van der Waals surface area contributed by atoms with E-state index in [9.17, 15) is 4.79 Å². The minimum absolute atomic E-state index is 0.0352. The van der Waals surface area contributed by atoms with Gasteiger partial charge in [-0.25, -0.2) is 0 Å². The van der Waals surface area contributed by atoms with Crippen LogP contribution in [0, 0.1) is 9.49 Å². The van der Waals surface area contributed by atoms with Crippen molar-refractivity contribution in [3.63, 3.8) is 0 Å². The average molecular weight is 331 g/mol. The van der Waals surface area contributed by atoms with Crippen molar-refractivity contribution in [3.8, 4) is 0 Å². The van der Waals surface area contributed by atoms with Crippen molar-refractivity contribution < 1.29 is 9.53 Å². The summed E-state index contributed by atoms with van der Waals surface area (Å²) in [5, 5.41) is 2.89. The molecule has 0 saturated carbocycles. The Morgan fingerprint density at radius 1 is 1.56 bits per heavy atom. The summed E-state index contributed by atoms with van der Waals surface area (Å²) in [7, 11) is 0. The molecule has 0 aromatic heterocycles. The second-order valence-corrected chi connectivity index (χ2v) is 5.30. The standard InChI is InChI=1S/C12H14INO2/c1-8-5-6-16-11(8)12(15)14-10-4-2-3-9(13)7-10/h2-4,7-8,11H,5-6H2,1H3,(H,14,15). The Morgan fingerprint density at radius 2 is 2.38 bits per heavy atom. The lowest BCUT2D eigenvalue weighted by Gasteiger charge is -2.14. The molecule has 0 radical (unpaired) electrons. The topological polar surface area (TPSA) is 38.3 Å². The molecule has 16 heavy (non-hydrogen) atoms. The number of nitrogens with one attached hydrogen (secondary N) is 1. The van der Waals surface area contributed by atoms with Gasteiger partial charge in [-0.3, -0.25) is 4.79 Å². The van der Waals surface area contributed by atoms with Crippen LogP contribution in [0.25, 0.3) is 0 Å². The van der Waals surface area contributed by atoms with Crippen molar-refractivity contribution in [1.82, 2.24) is 0 Å². The van der Waals surface area contributed by atoms with E-state index in [0.29, 0.717) is 12.5 Å². The number of hydrogen-bond acceptors (Lipinski definition) is 2. The van der Waals surface area contributed by atoms with Gasteiger partial charge in [-0.15, -0.1) is 0 Å². The van der Waals surface area contributed by atoms with Crippen molar-refractivity contribution in [2.24, 2.45) is 5.92 Å². The molecule has 4 heteroatoms. The first-order valence-electron chi connectivity index (χ1n) is 5.35. The van der Waals surface area contributed by atoms with E-state index in [0.717, 1.165) is 15.7 Å². The van der Waals surface area contributed by atoms with Crippen molar-refractivity contribution in [2.75, 3.05) is 11.9 Å². The van der Waals surface area contributed by atoms with Gasteiger partial charge in [-0.05, 0) is 53.1 Å². The Morgan fingerprint density at radius 3 is 3.00 bits per heavy atom. The predicted octanol–water partition coefficient (Wildman–Crippen LogP) is 2.65. The van der Waals surface area contributed by atoms with E-state index < -0.39 is 0 Å². The van der Waals surface area contributed by atoms with Crippen LogP contribution in [0.1, 0.15) is 13.3 Å². The molecule has 1 aromatic carbocycles. The van der Waals surface area contributed by atoms with Crippen LogP contribution in [0.3, 0.4) is 0 Å². The summed E-state index contributed by atoms with van der Waals surface area (Å²) in [5.74, 6) is 0.273. The third-order valence-electron chi connectivity index (χ3n) is 2.74. The molecule has 1 saturated heterocycles. The first-order chi connectivity index (χ1) is 7.66. The summed E-state index contributed by atoms with van der Waals surface area (Å²) < 4.78 is 6.52. The molecule has 1 aliphatic heterocycles. The summed E-state index contributed by atoms with van der Waals surface area (Å²) in [6, 6.07) is 7.75. The average Bonchev–Trinajstić information content (AvgIpc) is 2.64. The normalized spacial score (nSPS) is 24.4. The zero-order valence-electron chi connectivity index (χ0n) is 9.07. The highest BCUT2D eigenvalue weighted by atomic mass is 127. The van der Waals surface area contributed by atoms with Gasteiger partial charge in [0, 0.05) is 15.9 Å². The quantitative estimate of drug-likeness (QED) is 0.846. The summed E-state index contributed by atoms with van der Waals surface area (Å²) >= 11 is 2.22. The predicted molar refractivity (Wildman–Crippen MR) is 71.3 cm³/mol. The monoisotopic (exact) mass is 331 g/mol. The molecule has 2 atom stereocenters. The fraction of sp³-hybridized carbons (Fsp3) is 0.417. The smallest absolute Gasteiger partial charge is 0.253 e. The number of carbonyl (C=O) groups is 1. The third kappa shape index (κ3) is 2.74. The minimum Gasteiger partial charge on any atom is -0.368 e. The third-order valence-corrected chi connectivity index (χ3v) is 3.41. The molecule has 0 bridgehead atoms. The molecule has 1 N–H and O–H groups in total. The number of rotatable bonds is 2. The number of anilines is 1. The molecule has 1 aliphatic rings. The lowest BCUT2D eigenvalue weighted by Crippen LogP contribution is -2.31. The molecule has 1 heterocycles. The van der Waals surface area contributed by atoms with E-state index in [1.54, 1.807) is 0 Å². The number of amides is 1. The van der Waals surface area contributed by atoms with Crippen LogP contribution < -0.4 is 5.32 Å². The molecule has 1 amide bonds. The van der Waals surface area contributed by atoms with Gasteiger partial charge in [0.05, 0.1) is 0 Å². The van der Waals surface area contributed by atoms with E-state index in [1.807, 2.05) is 31.2 Å². The molecular weight excluding hydrogens is 317 g/mol. The maximum atomic E-state index is 11.9. The van der Waals surface area contributed by atoms with Crippen LogP contribution in [-0.4, -0.2) is 18.6 Å². The van der Waals surface area contributed by atoms with Gasteiger partial charge >= 0.3 is 0 Å². The molecule has 2 unspecified atom stereocenters. The Labute approximate surface area is 109 Å². The van der Waals surface area contributed by atoms with E-state index in [4.69, 9.17) is 4.74 Å². The van der Waals surface area contributed by atoms with Crippen LogP contribution in [0.2, 0.25) is 0 Å². The zero-order valence-corrected chi connectivity index (χ0v) is 11.2. The fourth-order valence-corrected chi connectivity index (χ4v) is 2.35. The van der Waals surface area contributed by atoms with Crippen molar-refractivity contribution >= 4 is 34.2 Å². The van der Waals surface area contributed by atoms with Crippen LogP contribution in [0.15, 0.2) is 24.3 Å². The van der Waals surface area contributed by atoms with Gasteiger partial charge in [0.1, 0.15) is 6.10 Å². The second-order valence-electron chi connectivity index (χ2n) is 4.06. The van der Waals surface area contributed by atoms with Crippen LogP contribution >= 0.6 is 22.6 Å². The summed E-state index contributed by atoms with van der Waals surface area (Å²) in [4.78, 5) is 11.9. The first kappa shape index (κ1) is 11.9. The van der Waals surface area contributed by atoms with Gasteiger partial charge in [-0.2, -0.15) is 0 Å². The minimum atomic E-state index is -0.294. The highest BCUT2D eigenvalue weighted by molar-refractivity contribution is 14.1. The summed E-state index contributed by atoms with van der Waals surface area (Å²) in [6.45, 7) is 2.73. The zero-order chi connectivity index (χ0) is 11.5. The number of ether oxygens (including phenoxy) is 1. The van der Waals surface area contributed by atoms with Gasteiger partial charge in [0.15, 0.2) is 0 Å². The molecule has 3 nitrogen and oxygen atoms in total. The molecule has 0 spiro atoms. The van der Waals surface area contributed by atoms with E-state index in [2.05, 4.69) is 27.9 Å². The number of carbonyl (C=O) groups excluding carboxylic acids is 1. The van der Waals surface area contributed by atoms with Crippen LogP contribution in [0.4, 0.5) is 5.69 Å². The highest BCUT2D eigenvalue weighted by Gasteiger charge is 2.30. The van der Waals surface area contributed by atoms with Crippen LogP contribution in [0.5, 0.6) is 0 Å². The molecule has 1 aromatic rings. The molecule has 86 valence electrons. The summed E-state index contributed by atoms with van der Waals surface area (Å²) in [5.41, 5.74) is 0.833. The second kappa shape index (κ2) is 5.14. The fourth-order valence-electron chi connectivity index (χ4n) is 1.81. The Balaban J connectivity index is 2.02. The van der Waals surface area contributed by atoms with Crippen molar-refractivity contribution in [2.45, 2.75) is 19.4 Å². The Kier molecular flexibility index (Phi) is 3.81. The Hall–Kier alpha value is -0.620.